The molecule has 0 unspecified atom stereocenters. The van der Waals surface area contributed by atoms with E-state index in [1.54, 1.807) is 11.8 Å². The number of hydrogen-bond donors (Lipinski definition) is 2. The number of esters is 1. The van der Waals surface area contributed by atoms with Crippen LogP contribution in [0.4, 0.5) is 4.79 Å². The lowest BCUT2D eigenvalue weighted by atomic mass is 10.0. The van der Waals surface area contributed by atoms with Gasteiger partial charge < -0.3 is 25.1 Å². The maximum Gasteiger partial charge on any atom is 0.410 e. The van der Waals surface area contributed by atoms with Gasteiger partial charge in [0.05, 0.1) is 12.6 Å². The van der Waals surface area contributed by atoms with Gasteiger partial charge in [-0.1, -0.05) is 18.2 Å². The predicted molar refractivity (Wildman–Crippen MR) is 114 cm³/mol. The summed E-state index contributed by atoms with van der Waals surface area (Å²) in [5.74, 6) is -0.266. The van der Waals surface area contributed by atoms with Gasteiger partial charge in [-0.05, 0) is 52.2 Å². The lowest BCUT2D eigenvalue weighted by Crippen LogP contribution is -2.48. The van der Waals surface area contributed by atoms with Crippen molar-refractivity contribution >= 4 is 23.0 Å². The summed E-state index contributed by atoms with van der Waals surface area (Å²) in [6.07, 6.45) is 2.87. The van der Waals surface area contributed by atoms with E-state index in [9.17, 15) is 9.59 Å². The van der Waals surface area contributed by atoms with Crippen molar-refractivity contribution in [1.82, 2.24) is 9.88 Å². The minimum atomic E-state index is -0.615. The van der Waals surface area contributed by atoms with E-state index in [1.165, 1.54) is 0 Å². The first-order chi connectivity index (χ1) is 13.7. The minimum absolute atomic E-state index is 0.244. The summed E-state index contributed by atoms with van der Waals surface area (Å²) in [6, 6.07) is 7.79. The van der Waals surface area contributed by atoms with Crippen LogP contribution in [0.15, 0.2) is 30.5 Å². The average Bonchev–Trinajstić information content (AvgIpc) is 3.05. The molecule has 29 heavy (non-hydrogen) atoms. The fourth-order valence-electron chi connectivity index (χ4n) is 3.25. The van der Waals surface area contributed by atoms with E-state index in [0.717, 1.165) is 16.5 Å². The molecule has 1 heterocycles. The van der Waals surface area contributed by atoms with Crippen molar-refractivity contribution in [2.75, 3.05) is 19.7 Å². The Morgan fingerprint density at radius 2 is 1.97 bits per heavy atom. The number of aromatic nitrogens is 1. The fourth-order valence-corrected chi connectivity index (χ4v) is 3.25. The number of carbonyl (C=O) groups excluding carboxylic acids is 2. The second kappa shape index (κ2) is 10.3. The Morgan fingerprint density at radius 1 is 1.24 bits per heavy atom. The molecule has 2 aromatic rings. The molecule has 7 nitrogen and oxygen atoms in total. The number of nitrogens with one attached hydrogen (secondary N) is 1. The number of amides is 1. The molecule has 0 saturated heterocycles. The SMILES string of the molecule is CCOC(=O)CCCN(C(=O)OC(C)(C)C)[C@@H](CN)Cc1c[nH]c2ccccc12. The largest absolute Gasteiger partial charge is 0.466 e. The number of fused-ring (bicyclic) bond motifs is 1. The number of carbonyl (C=O) groups is 2. The van der Waals surface area contributed by atoms with Gasteiger partial charge in [0.25, 0.3) is 0 Å². The maximum absolute atomic E-state index is 12.9. The highest BCUT2D eigenvalue weighted by molar-refractivity contribution is 5.83. The van der Waals surface area contributed by atoms with E-state index in [4.69, 9.17) is 15.2 Å². The molecule has 1 aromatic heterocycles. The number of nitrogens with two attached hydrogens (primary N) is 1. The molecule has 0 saturated carbocycles. The Hall–Kier alpha value is -2.54. The quantitative estimate of drug-likeness (QED) is 0.623. The van der Waals surface area contributed by atoms with Crippen LogP contribution >= 0.6 is 0 Å². The topological polar surface area (TPSA) is 97.7 Å². The van der Waals surface area contributed by atoms with Crippen LogP contribution in [-0.2, 0) is 20.7 Å². The summed E-state index contributed by atoms with van der Waals surface area (Å²) in [7, 11) is 0. The van der Waals surface area contributed by atoms with E-state index < -0.39 is 11.7 Å². The summed E-state index contributed by atoms with van der Waals surface area (Å²) >= 11 is 0. The fraction of sp³-hybridized carbons (Fsp3) is 0.545. The minimum Gasteiger partial charge on any atom is -0.466 e. The van der Waals surface area contributed by atoms with E-state index in [0.29, 0.717) is 26.0 Å². The molecule has 160 valence electrons. The van der Waals surface area contributed by atoms with Crippen molar-refractivity contribution in [3.05, 3.63) is 36.0 Å². The summed E-state index contributed by atoms with van der Waals surface area (Å²) in [5.41, 5.74) is 7.59. The lowest BCUT2D eigenvalue weighted by Gasteiger charge is -2.33. The van der Waals surface area contributed by atoms with Gasteiger partial charge in [-0.2, -0.15) is 0 Å². The Kier molecular flexibility index (Phi) is 8.08. The van der Waals surface area contributed by atoms with Crippen LogP contribution in [0.2, 0.25) is 0 Å². The van der Waals surface area contributed by atoms with Crippen molar-refractivity contribution in [2.24, 2.45) is 5.73 Å². The molecule has 3 N–H and O–H groups in total. The van der Waals surface area contributed by atoms with Crippen LogP contribution in [0.1, 0.15) is 46.1 Å². The highest BCUT2D eigenvalue weighted by Gasteiger charge is 2.28. The van der Waals surface area contributed by atoms with Crippen molar-refractivity contribution < 1.29 is 19.1 Å². The Bertz CT molecular complexity index is 810. The molecular formula is C22H33N3O4. The number of aromatic amines is 1. The van der Waals surface area contributed by atoms with Crippen molar-refractivity contribution in [3.8, 4) is 0 Å². The smallest absolute Gasteiger partial charge is 0.410 e. The molecule has 0 bridgehead atoms. The third-order valence-corrected chi connectivity index (χ3v) is 4.56. The standard InChI is InChI=1S/C22H33N3O4/c1-5-28-20(26)11-8-12-25(21(27)29-22(2,3)4)17(14-23)13-16-15-24-19-10-7-6-9-18(16)19/h6-7,9-10,15,17,24H,5,8,11-14,23H2,1-4H3/t17-/m1/s1. The molecule has 0 fully saturated rings. The number of nitrogens with zero attached hydrogens (tertiary/aromatic N) is 1. The van der Waals surface area contributed by atoms with Gasteiger partial charge in [-0.25, -0.2) is 4.79 Å². The van der Waals surface area contributed by atoms with Crippen molar-refractivity contribution in [1.29, 1.82) is 0 Å². The zero-order valence-electron chi connectivity index (χ0n) is 17.9. The summed E-state index contributed by atoms with van der Waals surface area (Å²) in [5, 5.41) is 1.11. The number of benzene rings is 1. The highest BCUT2D eigenvalue weighted by atomic mass is 16.6. The molecule has 1 atom stereocenters. The Balaban J connectivity index is 2.16. The molecule has 0 aliphatic heterocycles. The summed E-state index contributed by atoms with van der Waals surface area (Å²) in [6.45, 7) is 8.28. The second-order valence-electron chi connectivity index (χ2n) is 8.04. The first kappa shape index (κ1) is 22.7. The zero-order valence-corrected chi connectivity index (χ0v) is 17.9. The second-order valence-corrected chi connectivity index (χ2v) is 8.04. The van der Waals surface area contributed by atoms with Gasteiger partial charge in [0.1, 0.15) is 5.60 Å². The molecule has 1 amide bonds. The third-order valence-electron chi connectivity index (χ3n) is 4.56. The molecule has 0 aliphatic carbocycles. The zero-order chi connectivity index (χ0) is 21.4. The summed E-state index contributed by atoms with van der Waals surface area (Å²) < 4.78 is 10.6. The van der Waals surface area contributed by atoms with Gasteiger partial charge in [0.15, 0.2) is 0 Å². The van der Waals surface area contributed by atoms with Crippen LogP contribution in [0.5, 0.6) is 0 Å². The molecule has 0 radical (unpaired) electrons. The van der Waals surface area contributed by atoms with Crippen LogP contribution in [0.3, 0.4) is 0 Å². The summed E-state index contributed by atoms with van der Waals surface area (Å²) in [4.78, 5) is 29.5. The molecule has 2 rings (SSSR count). The van der Waals surface area contributed by atoms with Gasteiger partial charge in [-0.15, -0.1) is 0 Å². The number of rotatable bonds is 9. The van der Waals surface area contributed by atoms with Gasteiger partial charge in [0.2, 0.25) is 0 Å². The Morgan fingerprint density at radius 3 is 2.62 bits per heavy atom. The van der Waals surface area contributed by atoms with Gasteiger partial charge in [0, 0.05) is 36.6 Å². The lowest BCUT2D eigenvalue weighted by molar-refractivity contribution is -0.143. The number of para-hydroxylation sites is 1. The van der Waals surface area contributed by atoms with Crippen molar-refractivity contribution in [3.63, 3.8) is 0 Å². The first-order valence-electron chi connectivity index (χ1n) is 10.2. The maximum atomic E-state index is 12.9. The predicted octanol–water partition coefficient (Wildman–Crippen LogP) is 3.62. The molecule has 0 aliphatic rings. The average molecular weight is 404 g/mol. The highest BCUT2D eigenvalue weighted by Crippen LogP contribution is 2.22. The monoisotopic (exact) mass is 403 g/mol. The Labute approximate surface area is 172 Å². The van der Waals surface area contributed by atoms with Gasteiger partial charge in [-0.3, -0.25) is 4.79 Å². The number of ether oxygens (including phenoxy) is 2. The van der Waals surface area contributed by atoms with Crippen LogP contribution in [-0.4, -0.2) is 53.3 Å². The first-order valence-corrected chi connectivity index (χ1v) is 10.2. The van der Waals surface area contributed by atoms with E-state index >= 15 is 0 Å². The van der Waals surface area contributed by atoms with Crippen LogP contribution in [0.25, 0.3) is 10.9 Å². The normalized spacial score (nSPS) is 12.6. The van der Waals surface area contributed by atoms with Crippen LogP contribution < -0.4 is 5.73 Å². The van der Waals surface area contributed by atoms with Crippen molar-refractivity contribution in [2.45, 2.75) is 58.6 Å². The molecule has 7 heteroatoms. The third kappa shape index (κ3) is 6.78. The molecule has 1 aromatic carbocycles. The van der Waals surface area contributed by atoms with E-state index in [-0.39, 0.29) is 25.0 Å². The van der Waals surface area contributed by atoms with Crippen LogP contribution in [0, 0.1) is 0 Å². The molecular weight excluding hydrogens is 370 g/mol. The van der Waals surface area contributed by atoms with Gasteiger partial charge >= 0.3 is 12.1 Å². The van der Waals surface area contributed by atoms with E-state index in [2.05, 4.69) is 4.98 Å². The number of hydrogen-bond acceptors (Lipinski definition) is 5. The molecule has 0 spiro atoms. The van der Waals surface area contributed by atoms with E-state index in [1.807, 2.05) is 51.2 Å². The number of H-pyrrole nitrogens is 1.